The standard InChI is InChI=1S/C21H18ClN3O2S/c22-15-10-8-14(9-11-15)20(26)25-12-4-3-7-18(21(25)27)28-19-16-5-1-2-6-17(16)23-13-24-19/h1-2,5-6,8-11,13,18H,3-4,7,12H2. The predicted molar refractivity (Wildman–Crippen MR) is 111 cm³/mol. The molecule has 2 heterocycles. The molecule has 1 aliphatic heterocycles. The number of rotatable bonds is 3. The van der Waals surface area contributed by atoms with Crippen molar-refractivity contribution in [2.45, 2.75) is 29.5 Å². The summed E-state index contributed by atoms with van der Waals surface area (Å²) in [5.74, 6) is -0.438. The van der Waals surface area contributed by atoms with Crippen molar-refractivity contribution in [1.82, 2.24) is 14.9 Å². The van der Waals surface area contributed by atoms with E-state index < -0.39 is 0 Å². The number of para-hydroxylation sites is 1. The smallest absolute Gasteiger partial charge is 0.260 e. The summed E-state index contributed by atoms with van der Waals surface area (Å²) >= 11 is 7.33. The van der Waals surface area contributed by atoms with Crippen LogP contribution in [-0.2, 0) is 4.79 Å². The topological polar surface area (TPSA) is 63.2 Å². The van der Waals surface area contributed by atoms with Gasteiger partial charge in [0.15, 0.2) is 0 Å². The Balaban J connectivity index is 1.60. The minimum absolute atomic E-state index is 0.162. The van der Waals surface area contributed by atoms with Crippen molar-refractivity contribution in [3.8, 4) is 0 Å². The highest BCUT2D eigenvalue weighted by molar-refractivity contribution is 8.00. The third-order valence-electron chi connectivity index (χ3n) is 4.74. The molecule has 0 radical (unpaired) electrons. The summed E-state index contributed by atoms with van der Waals surface area (Å²) in [6, 6.07) is 14.4. The maximum atomic E-state index is 13.2. The fourth-order valence-electron chi connectivity index (χ4n) is 3.28. The molecule has 0 spiro atoms. The highest BCUT2D eigenvalue weighted by Gasteiger charge is 2.32. The molecule has 28 heavy (non-hydrogen) atoms. The molecule has 5 nitrogen and oxygen atoms in total. The maximum absolute atomic E-state index is 13.2. The summed E-state index contributed by atoms with van der Waals surface area (Å²) < 4.78 is 0. The molecular formula is C21H18ClN3O2S. The number of benzene rings is 2. The minimum atomic E-state index is -0.350. The number of thioether (sulfide) groups is 1. The van der Waals surface area contributed by atoms with Crippen LogP contribution in [0.4, 0.5) is 0 Å². The molecule has 1 aromatic heterocycles. The van der Waals surface area contributed by atoms with E-state index in [1.165, 1.54) is 23.0 Å². The first kappa shape index (κ1) is 18.9. The van der Waals surface area contributed by atoms with Crippen molar-refractivity contribution in [3.05, 3.63) is 65.4 Å². The number of carbonyl (C=O) groups excluding carboxylic acids is 2. The SMILES string of the molecule is O=C(c1ccc(Cl)cc1)N1CCCCC(Sc2ncnc3ccccc23)C1=O. The second-order valence-corrected chi connectivity index (χ2v) is 8.23. The highest BCUT2D eigenvalue weighted by atomic mass is 35.5. The van der Waals surface area contributed by atoms with E-state index in [-0.39, 0.29) is 17.1 Å². The van der Waals surface area contributed by atoms with E-state index in [9.17, 15) is 9.59 Å². The van der Waals surface area contributed by atoms with Crippen LogP contribution in [0.3, 0.4) is 0 Å². The molecule has 1 unspecified atom stereocenters. The summed E-state index contributed by atoms with van der Waals surface area (Å²) in [5, 5.41) is 1.90. The number of hydrogen-bond donors (Lipinski definition) is 0. The third kappa shape index (κ3) is 3.88. The molecule has 0 N–H and O–H groups in total. The van der Waals surface area contributed by atoms with Crippen LogP contribution in [0.25, 0.3) is 10.9 Å². The van der Waals surface area contributed by atoms with E-state index in [1.54, 1.807) is 24.3 Å². The predicted octanol–water partition coefficient (Wildman–Crippen LogP) is 4.60. The lowest BCUT2D eigenvalue weighted by atomic mass is 10.2. The fraction of sp³-hybridized carbons (Fsp3) is 0.238. The number of likely N-dealkylation sites (tertiary alicyclic amines) is 1. The van der Waals surface area contributed by atoms with Crippen molar-refractivity contribution in [3.63, 3.8) is 0 Å². The Morgan fingerprint density at radius 2 is 1.86 bits per heavy atom. The van der Waals surface area contributed by atoms with Gasteiger partial charge >= 0.3 is 0 Å². The normalized spacial score (nSPS) is 17.5. The zero-order chi connectivity index (χ0) is 19.5. The van der Waals surface area contributed by atoms with E-state index in [1.807, 2.05) is 24.3 Å². The van der Waals surface area contributed by atoms with E-state index in [0.717, 1.165) is 28.8 Å². The lowest BCUT2D eigenvalue weighted by Gasteiger charge is -2.22. The molecule has 1 saturated heterocycles. The number of hydrogen-bond acceptors (Lipinski definition) is 5. The monoisotopic (exact) mass is 411 g/mol. The van der Waals surface area contributed by atoms with Gasteiger partial charge in [-0.3, -0.25) is 14.5 Å². The summed E-state index contributed by atoms with van der Waals surface area (Å²) in [4.78, 5) is 36.1. The van der Waals surface area contributed by atoms with E-state index in [0.29, 0.717) is 23.6 Å². The summed E-state index contributed by atoms with van der Waals surface area (Å²) in [5.41, 5.74) is 1.31. The van der Waals surface area contributed by atoms with Crippen LogP contribution >= 0.6 is 23.4 Å². The van der Waals surface area contributed by atoms with E-state index in [2.05, 4.69) is 9.97 Å². The Bertz CT molecular complexity index is 1020. The van der Waals surface area contributed by atoms with Crippen molar-refractivity contribution < 1.29 is 9.59 Å². The van der Waals surface area contributed by atoms with Crippen LogP contribution in [0.15, 0.2) is 59.9 Å². The van der Waals surface area contributed by atoms with Crippen LogP contribution in [0, 0.1) is 0 Å². The van der Waals surface area contributed by atoms with Gasteiger partial charge < -0.3 is 0 Å². The molecule has 142 valence electrons. The van der Waals surface area contributed by atoms with E-state index in [4.69, 9.17) is 11.6 Å². The van der Waals surface area contributed by atoms with Gasteiger partial charge in [-0.25, -0.2) is 9.97 Å². The van der Waals surface area contributed by atoms with Crippen molar-refractivity contribution >= 4 is 46.1 Å². The van der Waals surface area contributed by atoms with Crippen LogP contribution in [0.2, 0.25) is 5.02 Å². The molecular weight excluding hydrogens is 394 g/mol. The molecule has 2 amide bonds. The fourth-order valence-corrected chi connectivity index (χ4v) is 4.59. The molecule has 7 heteroatoms. The largest absolute Gasteiger partial charge is 0.278 e. The van der Waals surface area contributed by atoms with Gasteiger partial charge in [-0.05, 0) is 43.2 Å². The van der Waals surface area contributed by atoms with Gasteiger partial charge in [-0.1, -0.05) is 48.0 Å². The summed E-state index contributed by atoms with van der Waals surface area (Å²) in [6.07, 6.45) is 3.91. The van der Waals surface area contributed by atoms with Gasteiger partial charge in [-0.15, -0.1) is 0 Å². The third-order valence-corrected chi connectivity index (χ3v) is 6.26. The Morgan fingerprint density at radius 1 is 1.07 bits per heavy atom. The molecule has 0 saturated carbocycles. The van der Waals surface area contributed by atoms with Crippen molar-refractivity contribution in [2.24, 2.45) is 0 Å². The van der Waals surface area contributed by atoms with Gasteiger partial charge in [0.2, 0.25) is 5.91 Å². The number of carbonyl (C=O) groups is 2. The van der Waals surface area contributed by atoms with Crippen LogP contribution in [0.1, 0.15) is 29.6 Å². The number of nitrogens with zero attached hydrogens (tertiary/aromatic N) is 3. The zero-order valence-electron chi connectivity index (χ0n) is 15.0. The van der Waals surface area contributed by atoms with E-state index >= 15 is 0 Å². The lowest BCUT2D eigenvalue weighted by molar-refractivity contribution is -0.127. The molecule has 0 bridgehead atoms. The van der Waals surface area contributed by atoms with Gasteiger partial charge in [-0.2, -0.15) is 0 Å². The highest BCUT2D eigenvalue weighted by Crippen LogP contribution is 2.33. The summed E-state index contributed by atoms with van der Waals surface area (Å²) in [7, 11) is 0. The molecule has 1 aliphatic rings. The summed E-state index contributed by atoms with van der Waals surface area (Å²) in [6.45, 7) is 0.432. The molecule has 2 aromatic carbocycles. The minimum Gasteiger partial charge on any atom is -0.278 e. The number of amides is 2. The first-order valence-corrected chi connectivity index (χ1v) is 10.4. The molecule has 1 atom stereocenters. The number of imide groups is 1. The van der Waals surface area contributed by atoms with Gasteiger partial charge in [0, 0.05) is 22.5 Å². The van der Waals surface area contributed by atoms with Gasteiger partial charge in [0.05, 0.1) is 10.8 Å². The Morgan fingerprint density at radius 3 is 2.68 bits per heavy atom. The first-order chi connectivity index (χ1) is 13.6. The van der Waals surface area contributed by atoms with Gasteiger partial charge in [0.1, 0.15) is 11.4 Å². The first-order valence-electron chi connectivity index (χ1n) is 9.11. The molecule has 0 aliphatic carbocycles. The lowest BCUT2D eigenvalue weighted by Crippen LogP contribution is -2.41. The Labute approximate surface area is 172 Å². The maximum Gasteiger partial charge on any atom is 0.260 e. The Kier molecular flexibility index (Phi) is 5.59. The number of aromatic nitrogens is 2. The quantitative estimate of drug-likeness (QED) is 0.465. The van der Waals surface area contributed by atoms with Crippen LogP contribution in [-0.4, -0.2) is 38.5 Å². The average Bonchev–Trinajstić information content (AvgIpc) is 2.90. The molecule has 1 fully saturated rings. The number of fused-ring (bicyclic) bond motifs is 1. The zero-order valence-corrected chi connectivity index (χ0v) is 16.6. The average molecular weight is 412 g/mol. The van der Waals surface area contributed by atoms with Crippen molar-refractivity contribution in [2.75, 3.05) is 6.54 Å². The number of halogens is 1. The van der Waals surface area contributed by atoms with Crippen LogP contribution in [0.5, 0.6) is 0 Å². The molecule has 3 aromatic rings. The second kappa shape index (κ2) is 8.29. The van der Waals surface area contributed by atoms with Crippen molar-refractivity contribution in [1.29, 1.82) is 0 Å². The Hall–Kier alpha value is -2.44. The second-order valence-electron chi connectivity index (χ2n) is 6.60. The molecule has 4 rings (SSSR count). The van der Waals surface area contributed by atoms with Crippen LogP contribution < -0.4 is 0 Å². The van der Waals surface area contributed by atoms with Gasteiger partial charge in [0.25, 0.3) is 5.91 Å².